The molecule has 1 heterocycles. The van der Waals surface area contributed by atoms with Crippen molar-refractivity contribution in [2.45, 2.75) is 102 Å². The first-order chi connectivity index (χ1) is 17.1. The summed E-state index contributed by atoms with van der Waals surface area (Å²) in [5.41, 5.74) is -6.10. The average molecular weight is 511 g/mol. The maximum atomic E-state index is 13.5. The quantitative estimate of drug-likeness (QED) is 0.231. The summed E-state index contributed by atoms with van der Waals surface area (Å²) in [5.74, 6) is -2.87. The first-order valence-electron chi connectivity index (χ1n) is 13.4. The molecule has 0 aromatic carbocycles. The maximum Gasteiger partial charge on any atom is 0.307 e. The molecule has 2 saturated carbocycles. The number of hydrogen-bond donors (Lipinski definition) is 2. The Kier molecular flexibility index (Phi) is 7.63. The molecular formula is C27H42O9. The molecule has 9 nitrogen and oxygen atoms in total. The Morgan fingerprint density at radius 1 is 1.08 bits per heavy atom. The molecule has 3 fully saturated rings. The normalized spacial score (nSPS) is 41.4. The molecule has 0 radical (unpaired) electrons. The van der Waals surface area contributed by atoms with Crippen LogP contribution in [0.4, 0.5) is 0 Å². The number of rotatable bonds is 12. The van der Waals surface area contributed by atoms with Gasteiger partial charge in [0.2, 0.25) is 11.4 Å². The Balaban J connectivity index is 1.83. The van der Waals surface area contributed by atoms with Gasteiger partial charge in [0, 0.05) is 24.2 Å². The molecular weight excluding hydrogens is 468 g/mol. The van der Waals surface area contributed by atoms with Gasteiger partial charge in [0.25, 0.3) is 0 Å². The van der Waals surface area contributed by atoms with E-state index in [-0.39, 0.29) is 31.5 Å². The molecule has 0 aromatic rings. The van der Waals surface area contributed by atoms with Gasteiger partial charge in [-0.3, -0.25) is 9.59 Å². The number of carbonyl (C=O) groups excluding carboxylic acids is 2. The van der Waals surface area contributed by atoms with Crippen LogP contribution in [0.2, 0.25) is 0 Å². The molecule has 7 unspecified atom stereocenters. The number of hydrogen-bond acceptors (Lipinski definition) is 9. The Hall–Kier alpha value is -1.52. The number of ketones is 1. The van der Waals surface area contributed by atoms with Crippen molar-refractivity contribution in [3.63, 3.8) is 0 Å². The zero-order valence-corrected chi connectivity index (χ0v) is 22.3. The second-order valence-electron chi connectivity index (χ2n) is 11.2. The summed E-state index contributed by atoms with van der Waals surface area (Å²) in [6.45, 7) is 10.3. The van der Waals surface area contributed by atoms with Gasteiger partial charge in [-0.2, -0.15) is 0 Å². The highest BCUT2D eigenvalue weighted by Crippen LogP contribution is 2.75. The first-order valence-corrected chi connectivity index (χ1v) is 13.4. The van der Waals surface area contributed by atoms with Gasteiger partial charge in [0.05, 0.1) is 12.3 Å². The van der Waals surface area contributed by atoms with Crippen LogP contribution in [-0.2, 0) is 33.3 Å². The van der Waals surface area contributed by atoms with Crippen LogP contribution in [0.1, 0.15) is 79.6 Å². The predicted molar refractivity (Wildman–Crippen MR) is 129 cm³/mol. The number of esters is 1. The summed E-state index contributed by atoms with van der Waals surface area (Å²) in [6.07, 6.45) is 3.82. The summed E-state index contributed by atoms with van der Waals surface area (Å²) in [7, 11) is 0. The molecule has 1 saturated heterocycles. The minimum atomic E-state index is -2.00. The standard InChI is InChI=1S/C27H42O9/c1-6-8-12-32-15-34-23-17(3)10-11-25(35-16-33-13-9-7-2)24(5)14-19(28)36-27(23,25)26(31)18(4)20(29)21(30)22(24)26/h17,22-23,29,31H,6-16H2,1-5H3. The van der Waals surface area contributed by atoms with Crippen LogP contribution in [0.25, 0.3) is 0 Å². The lowest BCUT2D eigenvalue weighted by molar-refractivity contribution is -0.345. The van der Waals surface area contributed by atoms with E-state index in [0.717, 1.165) is 25.7 Å². The van der Waals surface area contributed by atoms with Crippen molar-refractivity contribution in [3.05, 3.63) is 11.3 Å². The lowest BCUT2D eigenvalue weighted by Gasteiger charge is -2.62. The molecule has 3 aliphatic carbocycles. The Labute approximate surface area is 213 Å². The van der Waals surface area contributed by atoms with E-state index in [1.165, 1.54) is 6.92 Å². The average Bonchev–Trinajstić information content (AvgIpc) is 3.05. The fourth-order valence-electron chi connectivity index (χ4n) is 7.50. The van der Waals surface area contributed by atoms with Crippen LogP contribution in [0, 0.1) is 17.3 Å². The number of aliphatic hydroxyl groups excluding tert-OH is 1. The molecule has 7 atom stereocenters. The SMILES string of the molecule is CCCCOCOC1C(C)CCC2(OCOCCCC)C3(C)CC(=O)OC12C1(O)C(C)=C(O)C(=O)C31. The third-order valence-corrected chi connectivity index (χ3v) is 9.23. The summed E-state index contributed by atoms with van der Waals surface area (Å²) >= 11 is 0. The predicted octanol–water partition coefficient (Wildman–Crippen LogP) is 3.57. The van der Waals surface area contributed by atoms with E-state index >= 15 is 0 Å². The van der Waals surface area contributed by atoms with Gasteiger partial charge in [-0.15, -0.1) is 0 Å². The van der Waals surface area contributed by atoms with Crippen molar-refractivity contribution in [3.8, 4) is 0 Å². The molecule has 9 heteroatoms. The van der Waals surface area contributed by atoms with Gasteiger partial charge in [-0.05, 0) is 38.5 Å². The monoisotopic (exact) mass is 510 g/mol. The van der Waals surface area contributed by atoms with Crippen molar-refractivity contribution >= 4 is 11.8 Å². The summed E-state index contributed by atoms with van der Waals surface area (Å²) < 4.78 is 30.5. The zero-order chi connectivity index (χ0) is 26.4. The molecule has 0 amide bonds. The van der Waals surface area contributed by atoms with Crippen LogP contribution in [0.3, 0.4) is 0 Å². The molecule has 1 aliphatic heterocycles. The van der Waals surface area contributed by atoms with E-state index in [9.17, 15) is 19.8 Å². The third-order valence-electron chi connectivity index (χ3n) is 9.23. The van der Waals surface area contributed by atoms with E-state index in [2.05, 4.69) is 13.8 Å². The fraction of sp³-hybridized carbons (Fsp3) is 0.852. The highest BCUT2D eigenvalue weighted by molar-refractivity contribution is 6.03. The molecule has 4 aliphatic rings. The van der Waals surface area contributed by atoms with Gasteiger partial charge in [0.15, 0.2) is 5.76 Å². The van der Waals surface area contributed by atoms with E-state index in [0.29, 0.717) is 26.1 Å². The van der Waals surface area contributed by atoms with Crippen molar-refractivity contribution < 1.29 is 43.5 Å². The van der Waals surface area contributed by atoms with Gasteiger partial charge >= 0.3 is 5.97 Å². The van der Waals surface area contributed by atoms with Crippen molar-refractivity contribution in [2.24, 2.45) is 17.3 Å². The minimum absolute atomic E-state index is 0.0580. The first kappa shape index (κ1) is 27.5. The van der Waals surface area contributed by atoms with Crippen molar-refractivity contribution in [1.29, 1.82) is 0 Å². The number of carbonyl (C=O) groups is 2. The number of aliphatic hydroxyl groups is 2. The van der Waals surface area contributed by atoms with Crippen LogP contribution < -0.4 is 0 Å². The molecule has 2 bridgehead atoms. The van der Waals surface area contributed by atoms with Crippen LogP contribution >= 0.6 is 0 Å². The van der Waals surface area contributed by atoms with Crippen LogP contribution in [0.5, 0.6) is 0 Å². The molecule has 2 N–H and O–H groups in total. The van der Waals surface area contributed by atoms with E-state index < -0.39 is 51.8 Å². The zero-order valence-electron chi connectivity index (χ0n) is 22.3. The lowest BCUT2D eigenvalue weighted by Crippen LogP contribution is -2.78. The maximum absolute atomic E-state index is 13.5. The van der Waals surface area contributed by atoms with Crippen LogP contribution in [-0.4, -0.2) is 71.7 Å². The van der Waals surface area contributed by atoms with Gasteiger partial charge in [0.1, 0.15) is 30.9 Å². The summed E-state index contributed by atoms with van der Waals surface area (Å²) in [4.78, 5) is 26.7. The lowest BCUT2D eigenvalue weighted by atomic mass is 9.55. The van der Waals surface area contributed by atoms with Gasteiger partial charge < -0.3 is 33.9 Å². The Morgan fingerprint density at radius 3 is 2.36 bits per heavy atom. The van der Waals surface area contributed by atoms with E-state index in [1.54, 1.807) is 6.92 Å². The highest BCUT2D eigenvalue weighted by atomic mass is 16.7. The molecule has 204 valence electrons. The third kappa shape index (κ3) is 3.46. The molecule has 0 aromatic heterocycles. The number of Topliss-reactive ketones (excluding diaryl/α,β-unsaturated/α-hetero) is 1. The fourth-order valence-corrected chi connectivity index (χ4v) is 7.50. The second kappa shape index (κ2) is 9.98. The number of unbranched alkanes of at least 4 members (excludes halogenated alkanes) is 2. The second-order valence-corrected chi connectivity index (χ2v) is 11.2. The Morgan fingerprint density at radius 2 is 1.72 bits per heavy atom. The smallest absolute Gasteiger partial charge is 0.307 e. The van der Waals surface area contributed by atoms with E-state index in [4.69, 9.17) is 23.7 Å². The van der Waals surface area contributed by atoms with Gasteiger partial charge in [-0.1, -0.05) is 40.5 Å². The van der Waals surface area contributed by atoms with Gasteiger partial charge in [-0.25, -0.2) is 0 Å². The highest BCUT2D eigenvalue weighted by Gasteiger charge is 2.92. The van der Waals surface area contributed by atoms with Crippen molar-refractivity contribution in [2.75, 3.05) is 26.8 Å². The number of fused-ring (bicyclic) bond motifs is 2. The van der Waals surface area contributed by atoms with Crippen LogP contribution in [0.15, 0.2) is 11.3 Å². The van der Waals surface area contributed by atoms with Crippen molar-refractivity contribution in [1.82, 2.24) is 0 Å². The Bertz CT molecular complexity index is 902. The summed E-state index contributed by atoms with van der Waals surface area (Å²) in [6, 6.07) is 0. The topological polar surface area (TPSA) is 121 Å². The number of ether oxygens (including phenoxy) is 5. The number of allylic oxidation sites excluding steroid dienone is 1. The molecule has 4 rings (SSSR count). The minimum Gasteiger partial charge on any atom is -0.504 e. The summed E-state index contributed by atoms with van der Waals surface area (Å²) in [5, 5.41) is 23.3. The molecule has 36 heavy (non-hydrogen) atoms. The van der Waals surface area contributed by atoms with E-state index in [1.807, 2.05) is 6.92 Å². The molecule has 0 spiro atoms. The largest absolute Gasteiger partial charge is 0.504 e.